The molecular weight excluding hydrogens is 220 g/mol. The van der Waals surface area contributed by atoms with Crippen molar-refractivity contribution in [1.29, 1.82) is 0 Å². The van der Waals surface area contributed by atoms with Gasteiger partial charge in [-0.1, -0.05) is 36.0 Å². The van der Waals surface area contributed by atoms with Crippen LogP contribution in [0, 0.1) is 0 Å². The largest absolute Gasteiger partial charge is 0.392 e. The van der Waals surface area contributed by atoms with Crippen molar-refractivity contribution in [3.05, 3.63) is 42.2 Å². The standard InChI is InChI=1S/C12H12N2OS/c1-16-12-13-6-11(7-14-12)10-4-2-9(8-15)3-5-10/h2-7,15H,8H2,1H3. The average Bonchev–Trinajstić information content (AvgIpc) is 2.39. The number of nitrogens with zero attached hydrogens (tertiary/aromatic N) is 2. The van der Waals surface area contributed by atoms with Crippen LogP contribution in [0.15, 0.2) is 41.8 Å². The lowest BCUT2D eigenvalue weighted by molar-refractivity contribution is 0.282. The zero-order valence-corrected chi connectivity index (χ0v) is 9.74. The number of hydrogen-bond donors (Lipinski definition) is 1. The first-order valence-corrected chi connectivity index (χ1v) is 6.12. The first-order chi connectivity index (χ1) is 7.83. The molecule has 0 aliphatic carbocycles. The van der Waals surface area contributed by atoms with Crippen molar-refractivity contribution in [2.75, 3.05) is 6.26 Å². The molecule has 0 fully saturated rings. The second-order valence-electron chi connectivity index (χ2n) is 3.31. The van der Waals surface area contributed by atoms with Crippen molar-refractivity contribution in [3.8, 4) is 11.1 Å². The van der Waals surface area contributed by atoms with E-state index in [-0.39, 0.29) is 6.61 Å². The summed E-state index contributed by atoms with van der Waals surface area (Å²) in [4.78, 5) is 8.44. The zero-order valence-electron chi connectivity index (χ0n) is 8.92. The Balaban J connectivity index is 2.28. The summed E-state index contributed by atoms with van der Waals surface area (Å²) < 4.78 is 0. The summed E-state index contributed by atoms with van der Waals surface area (Å²) >= 11 is 1.52. The maximum atomic E-state index is 8.94. The monoisotopic (exact) mass is 232 g/mol. The smallest absolute Gasteiger partial charge is 0.187 e. The van der Waals surface area contributed by atoms with E-state index in [9.17, 15) is 0 Å². The molecule has 1 heterocycles. The van der Waals surface area contributed by atoms with Gasteiger partial charge in [-0.2, -0.15) is 0 Å². The lowest BCUT2D eigenvalue weighted by Crippen LogP contribution is -1.87. The first kappa shape index (κ1) is 11.1. The Morgan fingerprint density at radius 1 is 1.06 bits per heavy atom. The third-order valence-corrected chi connectivity index (χ3v) is 2.86. The van der Waals surface area contributed by atoms with Crippen LogP contribution < -0.4 is 0 Å². The van der Waals surface area contributed by atoms with E-state index < -0.39 is 0 Å². The van der Waals surface area contributed by atoms with Gasteiger partial charge in [-0.05, 0) is 17.4 Å². The van der Waals surface area contributed by atoms with Crippen molar-refractivity contribution in [1.82, 2.24) is 9.97 Å². The number of aliphatic hydroxyl groups is 1. The van der Waals surface area contributed by atoms with Crippen LogP contribution in [-0.2, 0) is 6.61 Å². The summed E-state index contributed by atoms with van der Waals surface area (Å²) in [6.07, 6.45) is 5.57. The molecule has 2 rings (SSSR count). The van der Waals surface area contributed by atoms with Crippen LogP contribution in [0.3, 0.4) is 0 Å². The molecule has 1 N–H and O–H groups in total. The first-order valence-electron chi connectivity index (χ1n) is 4.89. The Hall–Kier alpha value is -1.39. The minimum Gasteiger partial charge on any atom is -0.392 e. The van der Waals surface area contributed by atoms with Crippen LogP contribution in [-0.4, -0.2) is 21.3 Å². The molecule has 0 aliphatic rings. The van der Waals surface area contributed by atoms with Gasteiger partial charge < -0.3 is 5.11 Å². The highest BCUT2D eigenvalue weighted by molar-refractivity contribution is 7.98. The molecule has 0 spiro atoms. The van der Waals surface area contributed by atoms with Gasteiger partial charge in [0.1, 0.15) is 0 Å². The molecule has 0 aliphatic heterocycles. The molecule has 1 aromatic heterocycles. The number of benzene rings is 1. The second kappa shape index (κ2) is 5.09. The Morgan fingerprint density at radius 2 is 1.69 bits per heavy atom. The molecule has 0 unspecified atom stereocenters. The van der Waals surface area contributed by atoms with Gasteiger partial charge in [0.2, 0.25) is 0 Å². The molecule has 0 radical (unpaired) electrons. The summed E-state index contributed by atoms with van der Waals surface area (Å²) in [6.45, 7) is 0.0716. The molecule has 0 bridgehead atoms. The minimum atomic E-state index is 0.0716. The van der Waals surface area contributed by atoms with Gasteiger partial charge in [0, 0.05) is 18.0 Å². The van der Waals surface area contributed by atoms with E-state index in [2.05, 4.69) is 9.97 Å². The van der Waals surface area contributed by atoms with Crippen LogP contribution in [0.2, 0.25) is 0 Å². The van der Waals surface area contributed by atoms with Gasteiger partial charge >= 0.3 is 0 Å². The quantitative estimate of drug-likeness (QED) is 0.652. The SMILES string of the molecule is CSc1ncc(-c2ccc(CO)cc2)cn1. The highest BCUT2D eigenvalue weighted by atomic mass is 32.2. The van der Waals surface area contributed by atoms with Gasteiger partial charge in [0.15, 0.2) is 5.16 Å². The Morgan fingerprint density at radius 3 is 2.19 bits per heavy atom. The summed E-state index contributed by atoms with van der Waals surface area (Å²) in [6, 6.07) is 7.72. The third-order valence-electron chi connectivity index (χ3n) is 2.28. The minimum absolute atomic E-state index is 0.0716. The van der Waals surface area contributed by atoms with Gasteiger partial charge in [-0.25, -0.2) is 9.97 Å². The van der Waals surface area contributed by atoms with Gasteiger partial charge in [0.05, 0.1) is 6.61 Å². The molecule has 0 amide bonds. The van der Waals surface area contributed by atoms with Crippen LogP contribution in [0.25, 0.3) is 11.1 Å². The van der Waals surface area contributed by atoms with E-state index in [4.69, 9.17) is 5.11 Å². The van der Waals surface area contributed by atoms with E-state index in [0.29, 0.717) is 0 Å². The summed E-state index contributed by atoms with van der Waals surface area (Å²) in [5.74, 6) is 0. The lowest BCUT2D eigenvalue weighted by Gasteiger charge is -2.02. The van der Waals surface area contributed by atoms with Crippen LogP contribution in [0.1, 0.15) is 5.56 Å². The van der Waals surface area contributed by atoms with E-state index in [1.165, 1.54) is 11.8 Å². The highest BCUT2D eigenvalue weighted by Crippen LogP contribution is 2.19. The number of rotatable bonds is 3. The van der Waals surface area contributed by atoms with Crippen molar-refractivity contribution < 1.29 is 5.11 Å². The van der Waals surface area contributed by atoms with Gasteiger partial charge in [-0.15, -0.1) is 0 Å². The molecule has 0 saturated carbocycles. The number of thioether (sulfide) groups is 1. The molecule has 82 valence electrons. The average molecular weight is 232 g/mol. The Labute approximate surface area is 98.6 Å². The third kappa shape index (κ3) is 2.40. The molecule has 16 heavy (non-hydrogen) atoms. The van der Waals surface area contributed by atoms with E-state index >= 15 is 0 Å². The summed E-state index contributed by atoms with van der Waals surface area (Å²) in [5, 5.41) is 9.71. The fraction of sp³-hybridized carbons (Fsp3) is 0.167. The fourth-order valence-electron chi connectivity index (χ4n) is 1.37. The highest BCUT2D eigenvalue weighted by Gasteiger charge is 1.99. The maximum absolute atomic E-state index is 8.94. The topological polar surface area (TPSA) is 46.0 Å². The second-order valence-corrected chi connectivity index (χ2v) is 4.09. The van der Waals surface area contributed by atoms with Crippen LogP contribution in [0.5, 0.6) is 0 Å². The van der Waals surface area contributed by atoms with E-state index in [1.807, 2.05) is 42.9 Å². The summed E-state index contributed by atoms with van der Waals surface area (Å²) in [7, 11) is 0. The van der Waals surface area contributed by atoms with Crippen LogP contribution >= 0.6 is 11.8 Å². The number of aliphatic hydroxyl groups excluding tert-OH is 1. The summed E-state index contributed by atoms with van der Waals surface area (Å²) in [5.41, 5.74) is 2.96. The molecule has 3 nitrogen and oxygen atoms in total. The molecule has 0 atom stereocenters. The Kier molecular flexibility index (Phi) is 3.54. The van der Waals surface area contributed by atoms with Crippen LogP contribution in [0.4, 0.5) is 0 Å². The van der Waals surface area contributed by atoms with E-state index in [1.54, 1.807) is 0 Å². The lowest BCUT2D eigenvalue weighted by atomic mass is 10.1. The number of aromatic nitrogens is 2. The Bertz CT molecular complexity index is 408. The molecule has 0 saturated heterocycles. The van der Waals surface area contributed by atoms with Crippen molar-refractivity contribution in [2.24, 2.45) is 0 Å². The molecular formula is C12H12N2OS. The van der Waals surface area contributed by atoms with Gasteiger partial charge in [0.25, 0.3) is 0 Å². The zero-order chi connectivity index (χ0) is 11.4. The van der Waals surface area contributed by atoms with Gasteiger partial charge in [-0.3, -0.25) is 0 Å². The molecule has 1 aromatic carbocycles. The molecule has 2 aromatic rings. The number of hydrogen-bond acceptors (Lipinski definition) is 4. The van der Waals surface area contributed by atoms with Crippen molar-refractivity contribution in [3.63, 3.8) is 0 Å². The maximum Gasteiger partial charge on any atom is 0.187 e. The van der Waals surface area contributed by atoms with Crippen molar-refractivity contribution in [2.45, 2.75) is 11.8 Å². The molecule has 4 heteroatoms. The predicted molar refractivity (Wildman–Crippen MR) is 65.2 cm³/mol. The van der Waals surface area contributed by atoms with Crippen molar-refractivity contribution >= 4 is 11.8 Å². The van der Waals surface area contributed by atoms with E-state index in [0.717, 1.165) is 21.8 Å². The fourth-order valence-corrected chi connectivity index (χ4v) is 1.69. The predicted octanol–water partition coefficient (Wildman–Crippen LogP) is 2.36. The normalized spacial score (nSPS) is 10.4.